The maximum Gasteiger partial charge on any atom is 0.407 e. The monoisotopic (exact) mass is 955 g/mol. The number of alkyl carbamates (subject to hydrolysis) is 1. The van der Waals surface area contributed by atoms with Crippen molar-refractivity contribution in [3.63, 3.8) is 0 Å². The van der Waals surface area contributed by atoms with Crippen molar-refractivity contribution in [2.24, 2.45) is 5.73 Å². The van der Waals surface area contributed by atoms with Gasteiger partial charge in [-0.25, -0.2) is 14.4 Å². The van der Waals surface area contributed by atoms with Gasteiger partial charge in [0, 0.05) is 82.0 Å². The fourth-order valence-corrected chi connectivity index (χ4v) is 8.60. The van der Waals surface area contributed by atoms with Crippen molar-refractivity contribution in [3.8, 4) is 5.75 Å². The lowest BCUT2D eigenvalue weighted by atomic mass is 10.0. The van der Waals surface area contributed by atoms with E-state index < -0.39 is 41.7 Å². The Bertz CT molecular complexity index is 1920. The highest BCUT2D eigenvalue weighted by Crippen LogP contribution is 2.34. The lowest BCUT2D eigenvalue weighted by molar-refractivity contribution is -0.137. The smallest absolute Gasteiger partial charge is 0.407 e. The molecule has 2 aliphatic rings. The fourth-order valence-electron chi connectivity index (χ4n) is 7.32. The predicted octanol–water partition coefficient (Wildman–Crippen LogP) is 5.51. The predicted molar refractivity (Wildman–Crippen MR) is 236 cm³/mol. The fraction of sp³-hybridized carbons (Fsp3) is 0.476. The number of ether oxygens (including phenoxy) is 1. The molecule has 2 fully saturated rings. The summed E-state index contributed by atoms with van der Waals surface area (Å²) in [6.45, 7) is 8.35. The lowest BCUT2D eigenvalue weighted by Crippen LogP contribution is -2.59. The molecule has 0 unspecified atom stereocenters. The summed E-state index contributed by atoms with van der Waals surface area (Å²) in [5.74, 6) is -0.802. The van der Waals surface area contributed by atoms with Crippen molar-refractivity contribution in [3.05, 3.63) is 81.5 Å². The number of hydrogen-bond acceptors (Lipinski definition) is 9. The first-order valence-corrected chi connectivity index (χ1v) is 21.7. The Labute approximate surface area is 367 Å². The van der Waals surface area contributed by atoms with Crippen LogP contribution in [0, 0.1) is 0 Å². The van der Waals surface area contributed by atoms with Crippen LogP contribution in [-0.2, 0) is 20.7 Å². The highest BCUT2D eigenvalue weighted by atomic mass is 79.9. The van der Waals surface area contributed by atoms with E-state index in [1.54, 1.807) is 60.0 Å². The van der Waals surface area contributed by atoms with Crippen LogP contribution in [0.3, 0.4) is 0 Å². The van der Waals surface area contributed by atoms with Gasteiger partial charge in [-0.15, -0.1) is 0 Å². The zero-order valence-electron chi connectivity index (χ0n) is 34.2. The van der Waals surface area contributed by atoms with E-state index in [9.17, 15) is 29.1 Å². The molecule has 3 heterocycles. The van der Waals surface area contributed by atoms with Crippen molar-refractivity contribution in [1.29, 1.82) is 0 Å². The molecule has 60 heavy (non-hydrogen) atoms. The number of likely N-dealkylation sites (tertiary alicyclic amines) is 1. The highest BCUT2D eigenvalue weighted by Gasteiger charge is 2.34. The van der Waals surface area contributed by atoms with Crippen LogP contribution in [-0.4, -0.2) is 119 Å². The molecule has 0 spiro atoms. The van der Waals surface area contributed by atoms with E-state index in [1.165, 1.54) is 0 Å². The minimum atomic E-state index is -1.11. The van der Waals surface area contributed by atoms with Gasteiger partial charge in [0.1, 0.15) is 23.4 Å². The average Bonchev–Trinajstić information content (AvgIpc) is 3.22. The maximum absolute atomic E-state index is 14.4. The SMILES string of the molecule is CC(C)(C)OC(=O)NCCCC[C@H](NC(=O)[C@H](Cc1cc(Br)c(O)c(Br)c1)NC(=O)N1CCC(N(C(N)=O)c2ccccc2)CC1)C(=O)N1CCN(c2ccncc2)CC1. The molecule has 1 aromatic heterocycles. The molecule has 2 aliphatic heterocycles. The van der Waals surface area contributed by atoms with Crippen LogP contribution in [0.2, 0.25) is 0 Å². The third-order valence-corrected chi connectivity index (χ3v) is 11.5. The van der Waals surface area contributed by atoms with Crippen molar-refractivity contribution >= 4 is 73.2 Å². The number of unbranched alkanes of at least 4 members (excludes halogenated alkanes) is 1. The van der Waals surface area contributed by atoms with E-state index in [0.29, 0.717) is 91.7 Å². The van der Waals surface area contributed by atoms with Crippen LogP contribution in [0.25, 0.3) is 0 Å². The number of piperazine rings is 1. The number of anilines is 2. The number of primary amides is 1. The number of benzene rings is 2. The number of phenolic OH excluding ortho intramolecular Hbond substituents is 1. The number of aromatic nitrogens is 1. The number of rotatable bonds is 14. The van der Waals surface area contributed by atoms with E-state index in [1.807, 2.05) is 42.5 Å². The van der Waals surface area contributed by atoms with E-state index in [2.05, 4.69) is 57.7 Å². The molecule has 18 heteroatoms. The van der Waals surface area contributed by atoms with E-state index in [4.69, 9.17) is 10.5 Å². The minimum Gasteiger partial charge on any atom is -0.506 e. The Hall–Kier alpha value is -5.10. The zero-order chi connectivity index (χ0) is 43.4. The second-order valence-electron chi connectivity index (χ2n) is 15.9. The van der Waals surface area contributed by atoms with Gasteiger partial charge >= 0.3 is 18.2 Å². The summed E-state index contributed by atoms with van der Waals surface area (Å²) >= 11 is 6.73. The summed E-state index contributed by atoms with van der Waals surface area (Å²) in [4.78, 5) is 78.4. The minimum absolute atomic E-state index is 0.0111. The van der Waals surface area contributed by atoms with E-state index in [0.717, 1.165) is 5.69 Å². The van der Waals surface area contributed by atoms with Crippen LogP contribution >= 0.6 is 31.9 Å². The Morgan fingerprint density at radius 3 is 2.12 bits per heavy atom. The largest absolute Gasteiger partial charge is 0.506 e. The number of urea groups is 2. The molecule has 2 aromatic carbocycles. The van der Waals surface area contributed by atoms with Gasteiger partial charge in [0.2, 0.25) is 11.8 Å². The van der Waals surface area contributed by atoms with Crippen LogP contribution < -0.4 is 31.5 Å². The number of pyridine rings is 1. The first-order valence-electron chi connectivity index (χ1n) is 20.2. The number of amides is 7. The zero-order valence-corrected chi connectivity index (χ0v) is 37.4. The van der Waals surface area contributed by atoms with Gasteiger partial charge in [-0.05, 0) is 127 Å². The second kappa shape index (κ2) is 21.4. The van der Waals surface area contributed by atoms with Gasteiger partial charge in [0.25, 0.3) is 0 Å². The van der Waals surface area contributed by atoms with Crippen LogP contribution in [0.15, 0.2) is 75.9 Å². The molecule has 16 nitrogen and oxygen atoms in total. The summed E-state index contributed by atoms with van der Waals surface area (Å²) in [5.41, 5.74) is 7.46. The summed E-state index contributed by atoms with van der Waals surface area (Å²) in [5, 5.41) is 19.0. The number of para-hydroxylation sites is 1. The number of hydrogen-bond donors (Lipinski definition) is 5. The number of phenols is 1. The number of nitrogens with zero attached hydrogens (tertiary/aromatic N) is 5. The molecule has 0 radical (unpaired) electrons. The Balaban J connectivity index is 1.30. The second-order valence-corrected chi connectivity index (χ2v) is 17.6. The standard InChI is InChI=1S/C42H55Br2N9O7/c1-42(2,3)60-41(59)47-16-8-7-11-34(38(56)51-23-21-50(22-24-51)29-12-17-46-18-13-29)48-37(55)35(27-28-25-32(43)36(54)33(44)26-28)49-40(58)52-19-14-31(15-20-52)53(39(45)57)30-9-5-4-6-10-30/h4-6,9-10,12-13,17-18,25-26,31,34-35,54H,7-8,11,14-16,19-24,27H2,1-3H3,(H2,45,57)(H,47,59)(H,48,55)(H,49,58)/t34-,35-/m0/s1. The van der Waals surface area contributed by atoms with E-state index >= 15 is 0 Å². The van der Waals surface area contributed by atoms with Crippen LogP contribution in [0.4, 0.5) is 25.8 Å². The summed E-state index contributed by atoms with van der Waals surface area (Å²) < 4.78 is 6.14. The Kier molecular flexibility index (Phi) is 16.4. The molecule has 0 saturated carbocycles. The molecule has 324 valence electrons. The van der Waals surface area contributed by atoms with Gasteiger partial charge in [0.05, 0.1) is 8.95 Å². The third kappa shape index (κ3) is 13.2. The molecule has 5 rings (SSSR count). The number of halogens is 2. The number of carbonyl (C=O) groups excluding carboxylic acids is 5. The highest BCUT2D eigenvalue weighted by molar-refractivity contribution is 9.11. The quantitative estimate of drug-likeness (QED) is 0.129. The Morgan fingerprint density at radius 1 is 0.883 bits per heavy atom. The summed E-state index contributed by atoms with van der Waals surface area (Å²) in [7, 11) is 0. The van der Waals surface area contributed by atoms with Gasteiger partial charge in [0.15, 0.2) is 0 Å². The molecule has 2 saturated heterocycles. The normalized spacial score (nSPS) is 15.7. The van der Waals surface area contributed by atoms with Gasteiger partial charge < -0.3 is 46.2 Å². The summed E-state index contributed by atoms with van der Waals surface area (Å²) in [6, 6.07) is 13.0. The molecule has 7 amide bonds. The number of aromatic hydroxyl groups is 1. The van der Waals surface area contributed by atoms with Gasteiger partial charge in [-0.3, -0.25) is 19.5 Å². The van der Waals surface area contributed by atoms with Gasteiger partial charge in [-0.1, -0.05) is 18.2 Å². The lowest BCUT2D eigenvalue weighted by Gasteiger charge is -2.38. The molecule has 0 aliphatic carbocycles. The molecule has 3 aromatic rings. The average molecular weight is 958 g/mol. The van der Waals surface area contributed by atoms with E-state index in [-0.39, 0.29) is 30.5 Å². The summed E-state index contributed by atoms with van der Waals surface area (Å²) in [6.07, 6.45) is 5.21. The van der Waals surface area contributed by atoms with Crippen molar-refractivity contribution in [2.45, 2.75) is 83.0 Å². The Morgan fingerprint density at radius 2 is 1.52 bits per heavy atom. The topological polar surface area (TPSA) is 203 Å². The molecule has 2 atom stereocenters. The van der Waals surface area contributed by atoms with Crippen molar-refractivity contribution in [2.75, 3.05) is 55.6 Å². The van der Waals surface area contributed by atoms with Crippen molar-refractivity contribution in [1.82, 2.24) is 30.7 Å². The number of piperidine rings is 1. The number of nitrogens with one attached hydrogen (secondary N) is 3. The maximum atomic E-state index is 14.4. The molecular weight excluding hydrogens is 902 g/mol. The molecule has 0 bridgehead atoms. The van der Waals surface area contributed by atoms with Gasteiger partial charge in [-0.2, -0.15) is 0 Å². The third-order valence-electron chi connectivity index (χ3n) is 10.3. The molecule has 6 N–H and O–H groups in total. The van der Waals surface area contributed by atoms with Crippen LogP contribution in [0.5, 0.6) is 5.75 Å². The number of nitrogens with two attached hydrogens (primary N) is 1. The number of carbonyl (C=O) groups is 5. The first kappa shape index (κ1) is 46.0. The van der Waals surface area contributed by atoms with Crippen molar-refractivity contribution < 1.29 is 33.8 Å². The first-order chi connectivity index (χ1) is 28.6. The molecular formula is C42H55Br2N9O7. The van der Waals surface area contributed by atoms with Crippen LogP contribution in [0.1, 0.15) is 58.4 Å².